The topological polar surface area (TPSA) is 101 Å². The summed E-state index contributed by atoms with van der Waals surface area (Å²) in [5.41, 5.74) is -0.0711. The van der Waals surface area contributed by atoms with Crippen LogP contribution in [0.25, 0.3) is 0 Å². The third-order valence-corrected chi connectivity index (χ3v) is 4.55. The zero-order valence-electron chi connectivity index (χ0n) is 11.5. The van der Waals surface area contributed by atoms with Gasteiger partial charge in [0.2, 0.25) is 0 Å². The lowest BCUT2D eigenvalue weighted by Crippen LogP contribution is -2.27. The lowest BCUT2D eigenvalue weighted by atomic mass is 10.3. The van der Waals surface area contributed by atoms with Gasteiger partial charge in [-0.25, -0.2) is 18.2 Å². The molecule has 0 saturated carbocycles. The summed E-state index contributed by atoms with van der Waals surface area (Å²) in [5, 5.41) is 8.56. The number of hydrogen-bond acceptors (Lipinski definition) is 5. The molecule has 0 spiro atoms. The Bertz CT molecular complexity index is 749. The Morgan fingerprint density at radius 3 is 2.52 bits per heavy atom. The van der Waals surface area contributed by atoms with Crippen LogP contribution >= 0.6 is 0 Å². The minimum absolute atomic E-state index is 0.0680. The molecule has 0 bridgehead atoms. The van der Waals surface area contributed by atoms with Gasteiger partial charge in [0.15, 0.2) is 5.03 Å². The number of pyridine rings is 1. The van der Waals surface area contributed by atoms with Gasteiger partial charge in [-0.15, -0.1) is 0 Å². The number of carboxylic acid groups (broad SMARTS) is 1. The summed E-state index contributed by atoms with van der Waals surface area (Å²) in [5.74, 6) is 0.0475. The van der Waals surface area contributed by atoms with E-state index in [1.165, 1.54) is 19.2 Å². The maximum absolute atomic E-state index is 12.3. The van der Waals surface area contributed by atoms with Crippen molar-refractivity contribution in [1.29, 1.82) is 0 Å². The second-order valence-electron chi connectivity index (χ2n) is 4.46. The van der Waals surface area contributed by atoms with Crippen molar-refractivity contribution in [2.75, 3.05) is 7.05 Å². The summed E-state index contributed by atoms with van der Waals surface area (Å²) >= 11 is 0. The van der Waals surface area contributed by atoms with Crippen molar-refractivity contribution in [3.8, 4) is 0 Å². The van der Waals surface area contributed by atoms with Crippen molar-refractivity contribution in [3.63, 3.8) is 0 Å². The highest BCUT2D eigenvalue weighted by Gasteiger charge is 2.23. The number of rotatable bonds is 5. The van der Waals surface area contributed by atoms with E-state index in [9.17, 15) is 13.2 Å². The Kier molecular flexibility index (Phi) is 4.10. The van der Waals surface area contributed by atoms with Crippen molar-refractivity contribution in [2.45, 2.75) is 18.5 Å². The molecule has 2 rings (SSSR count). The van der Waals surface area contributed by atoms with Crippen molar-refractivity contribution >= 4 is 16.0 Å². The number of aromatic nitrogens is 1. The van der Waals surface area contributed by atoms with Gasteiger partial charge in [-0.1, -0.05) is 0 Å². The first kappa shape index (κ1) is 15.2. The molecule has 2 aromatic rings. The van der Waals surface area contributed by atoms with E-state index >= 15 is 0 Å². The normalized spacial score (nSPS) is 11.8. The number of carbonyl (C=O) groups is 1. The predicted molar refractivity (Wildman–Crippen MR) is 73.3 cm³/mol. The third-order valence-electron chi connectivity index (χ3n) is 2.83. The van der Waals surface area contributed by atoms with Crippen molar-refractivity contribution in [2.24, 2.45) is 0 Å². The Balaban J connectivity index is 2.22. The number of aryl methyl sites for hydroxylation is 1. The molecule has 2 heterocycles. The van der Waals surface area contributed by atoms with Crippen LogP contribution in [0.2, 0.25) is 0 Å². The molecule has 0 amide bonds. The van der Waals surface area contributed by atoms with E-state index < -0.39 is 16.0 Å². The van der Waals surface area contributed by atoms with Gasteiger partial charge < -0.3 is 9.52 Å². The lowest BCUT2D eigenvalue weighted by Gasteiger charge is -2.15. The Labute approximate surface area is 121 Å². The van der Waals surface area contributed by atoms with Crippen molar-refractivity contribution in [1.82, 2.24) is 9.29 Å². The zero-order chi connectivity index (χ0) is 15.6. The first-order valence-electron chi connectivity index (χ1n) is 6.01. The average Bonchev–Trinajstić information content (AvgIpc) is 2.84. The fourth-order valence-corrected chi connectivity index (χ4v) is 2.74. The molecule has 112 valence electrons. The second-order valence-corrected chi connectivity index (χ2v) is 6.46. The van der Waals surface area contributed by atoms with Crippen molar-refractivity contribution < 1.29 is 22.7 Å². The van der Waals surface area contributed by atoms with E-state index in [1.807, 2.05) is 0 Å². The van der Waals surface area contributed by atoms with Crippen LogP contribution in [0.4, 0.5) is 0 Å². The highest BCUT2D eigenvalue weighted by molar-refractivity contribution is 7.89. The molecule has 8 heteroatoms. The summed E-state index contributed by atoms with van der Waals surface area (Å²) in [6, 6.07) is 5.81. The molecule has 0 aliphatic heterocycles. The van der Waals surface area contributed by atoms with Crippen LogP contribution in [0.15, 0.2) is 39.9 Å². The highest BCUT2D eigenvalue weighted by atomic mass is 32.2. The standard InChI is InChI=1S/C13H14N2O5S/c1-9-3-5-11(20-9)8-15(2)21(18,19)12-6-4-10(7-14-12)13(16)17/h3-7H,8H2,1-2H3,(H,16,17). The van der Waals surface area contributed by atoms with E-state index in [0.29, 0.717) is 11.5 Å². The molecule has 0 aliphatic rings. The van der Waals surface area contributed by atoms with Gasteiger partial charge in [-0.3, -0.25) is 0 Å². The summed E-state index contributed by atoms with van der Waals surface area (Å²) in [6.45, 7) is 1.84. The number of nitrogens with zero attached hydrogens (tertiary/aromatic N) is 2. The van der Waals surface area contributed by atoms with E-state index in [-0.39, 0.29) is 17.1 Å². The summed E-state index contributed by atoms with van der Waals surface area (Å²) < 4.78 is 31.0. The van der Waals surface area contributed by atoms with Gasteiger partial charge >= 0.3 is 5.97 Å². The van der Waals surface area contributed by atoms with E-state index in [0.717, 1.165) is 10.5 Å². The first-order chi connectivity index (χ1) is 9.80. The Hall–Kier alpha value is -2.19. The SMILES string of the molecule is Cc1ccc(CN(C)S(=O)(=O)c2ccc(C(=O)O)cn2)o1. The van der Waals surface area contributed by atoms with Crippen molar-refractivity contribution in [3.05, 3.63) is 47.5 Å². The molecule has 0 unspecified atom stereocenters. The number of sulfonamides is 1. The molecule has 0 aliphatic carbocycles. The van der Waals surface area contributed by atoms with Crippen LogP contribution in [0, 0.1) is 6.92 Å². The molecule has 1 N–H and O–H groups in total. The monoisotopic (exact) mass is 310 g/mol. The maximum Gasteiger partial charge on any atom is 0.337 e. The molecule has 21 heavy (non-hydrogen) atoms. The Morgan fingerprint density at radius 2 is 2.05 bits per heavy atom. The lowest BCUT2D eigenvalue weighted by molar-refractivity contribution is 0.0696. The van der Waals surface area contributed by atoms with Crippen LogP contribution in [-0.2, 0) is 16.6 Å². The summed E-state index contributed by atoms with van der Waals surface area (Å²) in [6.07, 6.45) is 1.01. The minimum Gasteiger partial charge on any atom is -0.478 e. The average molecular weight is 310 g/mol. The zero-order valence-corrected chi connectivity index (χ0v) is 12.3. The summed E-state index contributed by atoms with van der Waals surface area (Å²) in [7, 11) is -2.40. The van der Waals surface area contributed by atoms with E-state index in [1.54, 1.807) is 19.1 Å². The fourth-order valence-electron chi connectivity index (χ4n) is 1.69. The van der Waals surface area contributed by atoms with Gasteiger partial charge in [0.25, 0.3) is 10.0 Å². The highest BCUT2D eigenvalue weighted by Crippen LogP contribution is 2.16. The molecule has 0 fully saturated rings. The predicted octanol–water partition coefficient (Wildman–Crippen LogP) is 1.50. The molecule has 2 aromatic heterocycles. The third kappa shape index (κ3) is 3.29. The molecule has 0 saturated heterocycles. The molecule has 0 aromatic carbocycles. The number of furan rings is 1. The van der Waals surface area contributed by atoms with Gasteiger partial charge in [0, 0.05) is 13.2 Å². The number of carboxylic acids is 1. The van der Waals surface area contributed by atoms with Crippen LogP contribution in [0.5, 0.6) is 0 Å². The van der Waals surface area contributed by atoms with Crippen LogP contribution < -0.4 is 0 Å². The molecular weight excluding hydrogens is 296 g/mol. The molecule has 0 radical (unpaired) electrons. The molecule has 7 nitrogen and oxygen atoms in total. The van der Waals surface area contributed by atoms with Crippen LogP contribution in [0.3, 0.4) is 0 Å². The van der Waals surface area contributed by atoms with Crippen LogP contribution in [0.1, 0.15) is 21.9 Å². The first-order valence-corrected chi connectivity index (χ1v) is 7.45. The smallest absolute Gasteiger partial charge is 0.337 e. The van der Waals surface area contributed by atoms with Gasteiger partial charge in [0.05, 0.1) is 12.1 Å². The van der Waals surface area contributed by atoms with Gasteiger partial charge in [-0.05, 0) is 31.2 Å². The molecular formula is C13H14N2O5S. The quantitative estimate of drug-likeness (QED) is 0.898. The van der Waals surface area contributed by atoms with E-state index in [2.05, 4.69) is 4.98 Å². The minimum atomic E-state index is -3.80. The van der Waals surface area contributed by atoms with Crippen LogP contribution in [-0.4, -0.2) is 35.8 Å². The van der Waals surface area contributed by atoms with Gasteiger partial charge in [-0.2, -0.15) is 4.31 Å². The Morgan fingerprint density at radius 1 is 1.33 bits per heavy atom. The fraction of sp³-hybridized carbons (Fsp3) is 0.231. The number of aromatic carboxylic acids is 1. The summed E-state index contributed by atoms with van der Waals surface area (Å²) in [4.78, 5) is 14.4. The molecule has 0 atom stereocenters. The van der Waals surface area contributed by atoms with Gasteiger partial charge in [0.1, 0.15) is 11.5 Å². The second kappa shape index (κ2) is 5.66. The van der Waals surface area contributed by atoms with E-state index in [4.69, 9.17) is 9.52 Å². The largest absolute Gasteiger partial charge is 0.478 e. The maximum atomic E-state index is 12.3. The number of hydrogen-bond donors (Lipinski definition) is 1.